The third-order valence-electron chi connectivity index (χ3n) is 1.91. The Kier molecular flexibility index (Phi) is 9.31. The van der Waals surface area contributed by atoms with E-state index in [1.54, 1.807) is 0 Å². The average molecular weight is 249 g/mol. The summed E-state index contributed by atoms with van der Waals surface area (Å²) in [7, 11) is 2.99. The summed E-state index contributed by atoms with van der Waals surface area (Å²) in [5.41, 5.74) is 0. The molecule has 0 aliphatic heterocycles. The molecule has 7 nitrogen and oxygen atoms in total. The number of carbonyl (C=O) groups excluding carboxylic acids is 1. The lowest BCUT2D eigenvalue weighted by atomic mass is 10.2. The summed E-state index contributed by atoms with van der Waals surface area (Å²) in [5, 5.41) is 11.2. The zero-order valence-corrected chi connectivity index (χ0v) is 10.1. The van der Waals surface area contributed by atoms with Crippen LogP contribution >= 0.6 is 0 Å². The van der Waals surface area contributed by atoms with Gasteiger partial charge in [0.25, 0.3) is 0 Å². The minimum absolute atomic E-state index is 0.180. The third kappa shape index (κ3) is 8.61. The van der Waals surface area contributed by atoms with Gasteiger partial charge in [-0.1, -0.05) is 0 Å². The van der Waals surface area contributed by atoms with Crippen LogP contribution in [-0.4, -0.2) is 63.7 Å². The molecule has 0 saturated heterocycles. The fourth-order valence-electron chi connectivity index (χ4n) is 1.04. The largest absolute Gasteiger partial charge is 0.480 e. The molecule has 17 heavy (non-hydrogen) atoms. The van der Waals surface area contributed by atoms with E-state index < -0.39 is 17.9 Å². The molecule has 0 bridgehead atoms. The highest BCUT2D eigenvalue weighted by molar-refractivity contribution is 5.84. The van der Waals surface area contributed by atoms with E-state index in [1.807, 2.05) is 0 Å². The second kappa shape index (κ2) is 10.0. The van der Waals surface area contributed by atoms with E-state index in [1.165, 1.54) is 14.2 Å². The lowest BCUT2D eigenvalue weighted by Gasteiger charge is -2.13. The Morgan fingerprint density at radius 3 is 2.35 bits per heavy atom. The van der Waals surface area contributed by atoms with Gasteiger partial charge < -0.3 is 24.6 Å². The molecule has 0 heterocycles. The van der Waals surface area contributed by atoms with Crippen molar-refractivity contribution in [1.29, 1.82) is 0 Å². The van der Waals surface area contributed by atoms with Crippen molar-refractivity contribution < 1.29 is 28.9 Å². The van der Waals surface area contributed by atoms with Gasteiger partial charge in [0.1, 0.15) is 12.6 Å². The van der Waals surface area contributed by atoms with Gasteiger partial charge >= 0.3 is 5.97 Å². The van der Waals surface area contributed by atoms with E-state index in [0.717, 1.165) is 0 Å². The molecule has 100 valence electrons. The Morgan fingerprint density at radius 1 is 1.18 bits per heavy atom. The molecule has 0 aliphatic rings. The maximum atomic E-state index is 11.3. The number of carboxylic acid groups (broad SMARTS) is 1. The molecule has 7 heteroatoms. The quantitative estimate of drug-likeness (QED) is 0.495. The second-order valence-corrected chi connectivity index (χ2v) is 3.29. The first-order valence-corrected chi connectivity index (χ1v) is 5.19. The molecule has 0 rings (SSSR count). The van der Waals surface area contributed by atoms with Gasteiger partial charge in [-0.25, -0.2) is 4.79 Å². The van der Waals surface area contributed by atoms with E-state index in [9.17, 15) is 9.59 Å². The second-order valence-electron chi connectivity index (χ2n) is 3.29. The Morgan fingerprint density at radius 2 is 1.82 bits per heavy atom. The van der Waals surface area contributed by atoms with Crippen molar-refractivity contribution in [3.63, 3.8) is 0 Å². The van der Waals surface area contributed by atoms with Crippen LogP contribution in [0.1, 0.15) is 6.42 Å². The number of methoxy groups -OCH3 is 2. The first kappa shape index (κ1) is 15.8. The maximum absolute atomic E-state index is 11.3. The highest BCUT2D eigenvalue weighted by Crippen LogP contribution is 1.93. The molecule has 1 atom stereocenters. The normalized spacial score (nSPS) is 12.1. The lowest BCUT2D eigenvalue weighted by molar-refractivity contribution is -0.143. The zero-order valence-electron chi connectivity index (χ0n) is 10.1. The summed E-state index contributed by atoms with van der Waals surface area (Å²) in [5.74, 6) is -1.56. The number of hydrogen-bond acceptors (Lipinski definition) is 5. The van der Waals surface area contributed by atoms with Gasteiger partial charge in [0.15, 0.2) is 0 Å². The number of carbonyl (C=O) groups is 2. The molecule has 0 radical (unpaired) electrons. The van der Waals surface area contributed by atoms with Crippen LogP contribution in [0.15, 0.2) is 0 Å². The van der Waals surface area contributed by atoms with Crippen molar-refractivity contribution in [2.75, 3.05) is 40.6 Å². The standard InChI is InChI=1S/C10H19NO6/c1-15-4-3-8(10(13)14)11-9(12)7-17-6-5-16-2/h8H,3-7H2,1-2H3,(H,11,12)(H,13,14). The summed E-state index contributed by atoms with van der Waals surface area (Å²) >= 11 is 0. The molecule has 0 aromatic heterocycles. The Labute approximate surface area is 100 Å². The molecule has 2 N–H and O–H groups in total. The van der Waals surface area contributed by atoms with Crippen molar-refractivity contribution in [2.45, 2.75) is 12.5 Å². The number of carboxylic acids is 1. The molecule has 0 spiro atoms. The molecule has 0 aliphatic carbocycles. The summed E-state index contributed by atoms with van der Waals surface area (Å²) in [6.07, 6.45) is 0.218. The number of amides is 1. The van der Waals surface area contributed by atoms with E-state index in [4.69, 9.17) is 19.3 Å². The van der Waals surface area contributed by atoms with Crippen molar-refractivity contribution in [2.24, 2.45) is 0 Å². The molecule has 0 aromatic rings. The summed E-state index contributed by atoms with van der Waals surface area (Å²) in [6, 6.07) is -0.950. The van der Waals surface area contributed by atoms with E-state index in [0.29, 0.717) is 13.2 Å². The van der Waals surface area contributed by atoms with Gasteiger partial charge in [-0.2, -0.15) is 0 Å². The van der Waals surface area contributed by atoms with Crippen LogP contribution in [0.2, 0.25) is 0 Å². The molecule has 0 fully saturated rings. The topological polar surface area (TPSA) is 94.1 Å². The third-order valence-corrected chi connectivity index (χ3v) is 1.91. The number of rotatable bonds is 10. The van der Waals surface area contributed by atoms with Gasteiger partial charge in [-0.05, 0) is 0 Å². The number of hydrogen-bond donors (Lipinski definition) is 2. The number of nitrogens with one attached hydrogen (secondary N) is 1. The number of aliphatic carboxylic acids is 1. The van der Waals surface area contributed by atoms with Crippen LogP contribution in [0.3, 0.4) is 0 Å². The first-order chi connectivity index (χ1) is 8.11. The van der Waals surface area contributed by atoms with Crippen LogP contribution < -0.4 is 5.32 Å². The molecule has 0 saturated carbocycles. The molecule has 1 amide bonds. The smallest absolute Gasteiger partial charge is 0.326 e. The lowest BCUT2D eigenvalue weighted by Crippen LogP contribution is -2.43. The Bertz CT molecular complexity index is 233. The summed E-state index contributed by atoms with van der Waals surface area (Å²) in [4.78, 5) is 22.1. The maximum Gasteiger partial charge on any atom is 0.326 e. The molecule has 1 unspecified atom stereocenters. The fraction of sp³-hybridized carbons (Fsp3) is 0.800. The molecular formula is C10H19NO6. The van der Waals surface area contributed by atoms with Crippen molar-refractivity contribution in [1.82, 2.24) is 5.32 Å². The van der Waals surface area contributed by atoms with Gasteiger partial charge in [0.2, 0.25) is 5.91 Å². The zero-order chi connectivity index (χ0) is 13.1. The van der Waals surface area contributed by atoms with E-state index in [-0.39, 0.29) is 19.6 Å². The average Bonchev–Trinajstić information content (AvgIpc) is 2.29. The van der Waals surface area contributed by atoms with Crippen LogP contribution in [0, 0.1) is 0 Å². The summed E-state index contributed by atoms with van der Waals surface area (Å²) < 4.78 is 14.4. The van der Waals surface area contributed by atoms with Crippen molar-refractivity contribution in [3.8, 4) is 0 Å². The monoisotopic (exact) mass is 249 g/mol. The summed E-state index contributed by atoms with van der Waals surface area (Å²) in [6.45, 7) is 0.765. The predicted molar refractivity (Wildman–Crippen MR) is 58.8 cm³/mol. The Balaban J connectivity index is 3.83. The highest BCUT2D eigenvalue weighted by Gasteiger charge is 2.19. The minimum Gasteiger partial charge on any atom is -0.480 e. The van der Waals surface area contributed by atoms with Crippen LogP contribution in [0.4, 0.5) is 0 Å². The van der Waals surface area contributed by atoms with E-state index >= 15 is 0 Å². The van der Waals surface area contributed by atoms with Gasteiger partial charge in [0, 0.05) is 27.2 Å². The van der Waals surface area contributed by atoms with Crippen LogP contribution in [0.25, 0.3) is 0 Å². The SMILES string of the molecule is COCCOCC(=O)NC(CCOC)C(=O)O. The predicted octanol–water partition coefficient (Wildman–Crippen LogP) is -0.745. The van der Waals surface area contributed by atoms with Gasteiger partial charge in [0.05, 0.1) is 13.2 Å². The fourth-order valence-corrected chi connectivity index (χ4v) is 1.04. The van der Waals surface area contributed by atoms with Gasteiger partial charge in [-0.3, -0.25) is 4.79 Å². The highest BCUT2D eigenvalue weighted by atomic mass is 16.5. The van der Waals surface area contributed by atoms with Crippen molar-refractivity contribution >= 4 is 11.9 Å². The van der Waals surface area contributed by atoms with Crippen LogP contribution in [-0.2, 0) is 23.8 Å². The van der Waals surface area contributed by atoms with Gasteiger partial charge in [-0.15, -0.1) is 0 Å². The van der Waals surface area contributed by atoms with Crippen molar-refractivity contribution in [3.05, 3.63) is 0 Å². The minimum atomic E-state index is -1.09. The molecular weight excluding hydrogens is 230 g/mol. The first-order valence-electron chi connectivity index (χ1n) is 5.19. The molecule has 0 aromatic carbocycles. The van der Waals surface area contributed by atoms with E-state index in [2.05, 4.69) is 5.32 Å². The number of ether oxygens (including phenoxy) is 3. The Hall–Kier alpha value is -1.18. The van der Waals surface area contributed by atoms with Crippen LogP contribution in [0.5, 0.6) is 0 Å².